The summed E-state index contributed by atoms with van der Waals surface area (Å²) in [6.07, 6.45) is 0. The summed E-state index contributed by atoms with van der Waals surface area (Å²) in [5.74, 6) is 0. The second kappa shape index (κ2) is 4.27. The van der Waals surface area contributed by atoms with E-state index in [0.717, 1.165) is 5.56 Å². The van der Waals surface area contributed by atoms with Crippen molar-refractivity contribution in [2.75, 3.05) is 0 Å². The van der Waals surface area contributed by atoms with Crippen LogP contribution in [0.4, 0.5) is 0 Å². The molecule has 0 fully saturated rings. The summed E-state index contributed by atoms with van der Waals surface area (Å²) >= 11 is 3.50. The highest BCUT2D eigenvalue weighted by atomic mass is 32.1. The normalized spacial score (nSPS) is 10.9. The lowest BCUT2D eigenvalue weighted by Gasteiger charge is -2.00. The van der Waals surface area contributed by atoms with Crippen LogP contribution in [-0.4, -0.2) is 17.2 Å². The van der Waals surface area contributed by atoms with E-state index in [1.54, 1.807) is 34.8 Å². The van der Waals surface area contributed by atoms with Gasteiger partial charge in [0.25, 0.3) is 0 Å². The molecule has 0 unspecified atom stereocenters. The van der Waals surface area contributed by atoms with Gasteiger partial charge in [0.15, 0.2) is 0 Å². The molecule has 2 aromatic heterocycles. The number of hydrogen-bond acceptors (Lipinski definition) is 4. The van der Waals surface area contributed by atoms with Crippen LogP contribution in [0, 0.1) is 0 Å². The van der Waals surface area contributed by atoms with Gasteiger partial charge in [0.05, 0.1) is 0 Å². The average molecular weight is 260 g/mol. The van der Waals surface area contributed by atoms with Crippen molar-refractivity contribution >= 4 is 44.7 Å². The van der Waals surface area contributed by atoms with Crippen LogP contribution in [-0.2, 0) is 0 Å². The van der Waals surface area contributed by atoms with Gasteiger partial charge in [-0.3, -0.25) is 0 Å². The number of benzene rings is 1. The zero-order valence-electron chi connectivity index (χ0n) is 8.83. The molecule has 84 valence electrons. The van der Waals surface area contributed by atoms with Gasteiger partial charge in [0, 0.05) is 14.3 Å². The number of rotatable bonds is 2. The van der Waals surface area contributed by atoms with Gasteiger partial charge in [-0.15, -0.1) is 22.7 Å². The molecule has 3 rings (SSSR count). The summed E-state index contributed by atoms with van der Waals surface area (Å²) in [6, 6.07) is 11.6. The molecule has 0 aliphatic carbocycles. The topological polar surface area (TPSA) is 40.5 Å². The predicted molar refractivity (Wildman–Crippen MR) is 75.0 cm³/mol. The molecule has 17 heavy (non-hydrogen) atoms. The van der Waals surface area contributed by atoms with Crippen LogP contribution in [0.5, 0.6) is 0 Å². The summed E-state index contributed by atoms with van der Waals surface area (Å²) in [4.78, 5) is 1.21. The lowest BCUT2D eigenvalue weighted by atomic mass is 9.80. The lowest BCUT2D eigenvalue weighted by molar-refractivity contribution is 0.426. The minimum Gasteiger partial charge on any atom is -0.423 e. The summed E-state index contributed by atoms with van der Waals surface area (Å²) in [5.41, 5.74) is 1.63. The minimum atomic E-state index is -1.39. The van der Waals surface area contributed by atoms with Gasteiger partial charge in [-0.1, -0.05) is 24.3 Å². The first-order valence-electron chi connectivity index (χ1n) is 5.17. The Morgan fingerprint density at radius 3 is 2.35 bits per heavy atom. The Morgan fingerprint density at radius 1 is 0.941 bits per heavy atom. The molecular weight excluding hydrogens is 251 g/mol. The van der Waals surface area contributed by atoms with E-state index in [1.165, 1.54) is 14.3 Å². The maximum Gasteiger partial charge on any atom is 0.488 e. The van der Waals surface area contributed by atoms with Crippen LogP contribution in [0.3, 0.4) is 0 Å². The Hall–Kier alpha value is -1.14. The summed E-state index contributed by atoms with van der Waals surface area (Å²) in [5, 5.41) is 20.1. The average Bonchev–Trinajstić information content (AvgIpc) is 2.89. The molecule has 0 aliphatic heterocycles. The molecule has 2 heterocycles. The fourth-order valence-corrected chi connectivity index (χ4v) is 3.84. The third-order valence-electron chi connectivity index (χ3n) is 2.63. The first kappa shape index (κ1) is 11.0. The molecular formula is C12H9BO2S2. The molecule has 2 nitrogen and oxygen atoms in total. The third-order valence-corrected chi connectivity index (χ3v) is 4.78. The van der Waals surface area contributed by atoms with E-state index >= 15 is 0 Å². The van der Waals surface area contributed by atoms with Crippen molar-refractivity contribution in [2.45, 2.75) is 0 Å². The fourth-order valence-electron chi connectivity index (χ4n) is 1.73. The van der Waals surface area contributed by atoms with E-state index in [9.17, 15) is 0 Å². The fraction of sp³-hybridized carbons (Fsp3) is 0. The SMILES string of the molecule is OB(O)c1ccc(-c2cc3sccc3s2)cc1. The maximum absolute atomic E-state index is 9.03. The van der Waals surface area contributed by atoms with Crippen molar-refractivity contribution in [2.24, 2.45) is 0 Å². The highest BCUT2D eigenvalue weighted by Crippen LogP contribution is 2.35. The van der Waals surface area contributed by atoms with E-state index in [4.69, 9.17) is 10.0 Å². The second-order valence-electron chi connectivity index (χ2n) is 3.76. The first-order valence-corrected chi connectivity index (χ1v) is 6.87. The zero-order valence-corrected chi connectivity index (χ0v) is 10.5. The highest BCUT2D eigenvalue weighted by Gasteiger charge is 2.11. The molecule has 0 atom stereocenters. The van der Waals surface area contributed by atoms with Gasteiger partial charge in [0.1, 0.15) is 0 Å². The molecule has 0 radical (unpaired) electrons. The number of fused-ring (bicyclic) bond motifs is 1. The Kier molecular flexibility index (Phi) is 2.76. The molecule has 3 aromatic rings. The Balaban J connectivity index is 2.01. The standard InChI is InChI=1S/C12H9BO2S2/c14-13(15)9-3-1-8(2-4-9)11-7-12-10(17-11)5-6-16-12/h1-7,14-15H. The smallest absolute Gasteiger partial charge is 0.423 e. The van der Waals surface area contributed by atoms with Gasteiger partial charge in [-0.2, -0.15) is 0 Å². The monoisotopic (exact) mass is 260 g/mol. The molecule has 0 saturated heterocycles. The van der Waals surface area contributed by atoms with Crippen molar-refractivity contribution in [1.82, 2.24) is 0 Å². The summed E-state index contributed by atoms with van der Waals surface area (Å²) in [7, 11) is -1.39. The zero-order chi connectivity index (χ0) is 11.8. The van der Waals surface area contributed by atoms with Gasteiger partial charge in [-0.05, 0) is 28.5 Å². The molecule has 0 spiro atoms. The largest absolute Gasteiger partial charge is 0.488 e. The summed E-state index contributed by atoms with van der Waals surface area (Å²) in [6.45, 7) is 0. The van der Waals surface area contributed by atoms with Crippen molar-refractivity contribution in [3.63, 3.8) is 0 Å². The van der Waals surface area contributed by atoms with Crippen LogP contribution in [0.25, 0.3) is 19.8 Å². The lowest BCUT2D eigenvalue weighted by Crippen LogP contribution is -2.29. The van der Waals surface area contributed by atoms with Crippen molar-refractivity contribution in [3.05, 3.63) is 41.8 Å². The number of thiophene rings is 2. The molecule has 0 bridgehead atoms. The van der Waals surface area contributed by atoms with E-state index < -0.39 is 7.12 Å². The van der Waals surface area contributed by atoms with Crippen LogP contribution >= 0.6 is 22.7 Å². The minimum absolute atomic E-state index is 0.520. The Bertz CT molecular complexity index is 611. The van der Waals surface area contributed by atoms with Gasteiger partial charge >= 0.3 is 7.12 Å². The highest BCUT2D eigenvalue weighted by molar-refractivity contribution is 7.28. The maximum atomic E-state index is 9.03. The molecule has 1 aromatic carbocycles. The van der Waals surface area contributed by atoms with E-state index in [0.29, 0.717) is 5.46 Å². The van der Waals surface area contributed by atoms with Crippen LogP contribution in [0.15, 0.2) is 41.8 Å². The van der Waals surface area contributed by atoms with Gasteiger partial charge < -0.3 is 10.0 Å². The first-order chi connectivity index (χ1) is 8.24. The predicted octanol–water partition coefficient (Wildman–Crippen LogP) is 2.31. The van der Waals surface area contributed by atoms with Crippen molar-refractivity contribution in [1.29, 1.82) is 0 Å². The van der Waals surface area contributed by atoms with E-state index in [-0.39, 0.29) is 0 Å². The van der Waals surface area contributed by atoms with E-state index in [2.05, 4.69) is 17.5 Å². The molecule has 5 heteroatoms. The third kappa shape index (κ3) is 2.02. The quantitative estimate of drug-likeness (QED) is 0.694. The van der Waals surface area contributed by atoms with Crippen molar-refractivity contribution in [3.8, 4) is 10.4 Å². The van der Waals surface area contributed by atoms with Gasteiger partial charge in [0.2, 0.25) is 0 Å². The number of hydrogen-bond donors (Lipinski definition) is 2. The Morgan fingerprint density at radius 2 is 1.71 bits per heavy atom. The van der Waals surface area contributed by atoms with Crippen LogP contribution in [0.1, 0.15) is 0 Å². The van der Waals surface area contributed by atoms with Crippen LogP contribution < -0.4 is 5.46 Å². The molecule has 0 aliphatic rings. The van der Waals surface area contributed by atoms with Crippen molar-refractivity contribution < 1.29 is 10.0 Å². The molecule has 0 amide bonds. The summed E-state index contributed by atoms with van der Waals surface area (Å²) < 4.78 is 2.60. The van der Waals surface area contributed by atoms with E-state index in [1.807, 2.05) is 12.1 Å². The van der Waals surface area contributed by atoms with Crippen LogP contribution in [0.2, 0.25) is 0 Å². The Labute approximate surface area is 107 Å². The molecule has 0 saturated carbocycles. The molecule has 2 N–H and O–H groups in total. The van der Waals surface area contributed by atoms with Gasteiger partial charge in [-0.25, -0.2) is 0 Å². The second-order valence-corrected chi connectivity index (χ2v) is 5.79.